The number of ether oxygens (including phenoxy) is 3. The number of nitrogens with one attached hydrogen (secondary N) is 1. The molecule has 9 heteroatoms. The van der Waals surface area contributed by atoms with Crippen LogP contribution >= 0.6 is 0 Å². The number of methoxy groups -OCH3 is 2. The first kappa shape index (κ1) is 19.1. The molecule has 2 aromatic carbocycles. The van der Waals surface area contributed by atoms with E-state index in [0.29, 0.717) is 17.6 Å². The third kappa shape index (κ3) is 4.44. The molecule has 2 rings (SSSR count). The summed E-state index contributed by atoms with van der Waals surface area (Å²) in [5, 5.41) is 1.98. The Morgan fingerprint density at radius 1 is 0.962 bits per heavy atom. The van der Waals surface area contributed by atoms with Gasteiger partial charge in [-0.3, -0.25) is 4.79 Å². The van der Waals surface area contributed by atoms with E-state index in [2.05, 4.69) is 0 Å². The van der Waals surface area contributed by atoms with Crippen LogP contribution in [0.5, 0.6) is 11.5 Å². The van der Waals surface area contributed by atoms with E-state index < -0.39 is 41.6 Å². The van der Waals surface area contributed by atoms with Crippen molar-refractivity contribution in [3.63, 3.8) is 0 Å². The second-order valence-corrected chi connectivity index (χ2v) is 4.95. The van der Waals surface area contributed by atoms with Crippen LogP contribution in [0.2, 0.25) is 0 Å². The lowest BCUT2D eigenvalue weighted by Crippen LogP contribution is -2.21. The molecule has 0 saturated heterocycles. The number of esters is 1. The third-order valence-corrected chi connectivity index (χ3v) is 3.23. The van der Waals surface area contributed by atoms with Gasteiger partial charge in [-0.1, -0.05) is 0 Å². The molecule has 6 nitrogen and oxygen atoms in total. The Balaban J connectivity index is 2.01. The van der Waals surface area contributed by atoms with E-state index >= 15 is 0 Å². The lowest BCUT2D eigenvalue weighted by atomic mass is 10.2. The highest BCUT2D eigenvalue weighted by Crippen LogP contribution is 2.23. The van der Waals surface area contributed by atoms with Crippen molar-refractivity contribution in [2.75, 3.05) is 26.1 Å². The molecule has 0 aliphatic carbocycles. The standard InChI is InChI=1S/C17H14F3NO5/c1-24-10-5-9(6-11(7-10)25-2)17(23)26-8-14(22)21-13-4-3-12(18)15(19)16(13)20/h3-7H,8H2,1-2H3,(H,21,22). The van der Waals surface area contributed by atoms with Gasteiger partial charge in [0.2, 0.25) is 0 Å². The van der Waals surface area contributed by atoms with Gasteiger partial charge in [0.05, 0.1) is 25.5 Å². The monoisotopic (exact) mass is 369 g/mol. The van der Waals surface area contributed by atoms with E-state index in [4.69, 9.17) is 14.2 Å². The number of carbonyl (C=O) groups excluding carboxylic acids is 2. The number of hydrogen-bond donors (Lipinski definition) is 1. The molecular weight excluding hydrogens is 355 g/mol. The smallest absolute Gasteiger partial charge is 0.338 e. The summed E-state index contributed by atoms with van der Waals surface area (Å²) in [5.41, 5.74) is -0.513. The summed E-state index contributed by atoms with van der Waals surface area (Å²) in [6.07, 6.45) is 0. The zero-order chi connectivity index (χ0) is 19.3. The van der Waals surface area contributed by atoms with Crippen molar-refractivity contribution in [2.24, 2.45) is 0 Å². The molecule has 0 saturated carbocycles. The molecule has 0 spiro atoms. The molecule has 0 bridgehead atoms. The Hall–Kier alpha value is -3.23. The van der Waals surface area contributed by atoms with Crippen molar-refractivity contribution in [1.82, 2.24) is 0 Å². The third-order valence-electron chi connectivity index (χ3n) is 3.23. The van der Waals surface area contributed by atoms with E-state index in [9.17, 15) is 22.8 Å². The number of amides is 1. The number of rotatable bonds is 6. The molecule has 26 heavy (non-hydrogen) atoms. The minimum absolute atomic E-state index is 0.0630. The summed E-state index contributed by atoms with van der Waals surface area (Å²) in [4.78, 5) is 23.7. The molecule has 0 fully saturated rings. The molecule has 0 aliphatic heterocycles. The first-order valence-corrected chi connectivity index (χ1v) is 7.19. The number of anilines is 1. The average Bonchev–Trinajstić information content (AvgIpc) is 2.66. The fourth-order valence-electron chi connectivity index (χ4n) is 1.95. The van der Waals surface area contributed by atoms with E-state index in [-0.39, 0.29) is 5.56 Å². The Labute approximate surface area is 146 Å². The minimum Gasteiger partial charge on any atom is -0.497 e. The average molecular weight is 369 g/mol. The van der Waals surface area contributed by atoms with Crippen LogP contribution in [0.4, 0.5) is 18.9 Å². The van der Waals surface area contributed by atoms with Gasteiger partial charge in [0, 0.05) is 6.07 Å². The highest BCUT2D eigenvalue weighted by atomic mass is 19.2. The van der Waals surface area contributed by atoms with Gasteiger partial charge in [-0.15, -0.1) is 0 Å². The first-order chi connectivity index (χ1) is 12.3. The van der Waals surface area contributed by atoms with Crippen molar-refractivity contribution in [1.29, 1.82) is 0 Å². The van der Waals surface area contributed by atoms with E-state index in [0.717, 1.165) is 6.07 Å². The van der Waals surface area contributed by atoms with Crippen LogP contribution in [0, 0.1) is 17.5 Å². The predicted octanol–water partition coefficient (Wildman–Crippen LogP) is 2.92. The van der Waals surface area contributed by atoms with Crippen molar-refractivity contribution in [3.8, 4) is 11.5 Å². The number of carbonyl (C=O) groups is 2. The summed E-state index contributed by atoms with van der Waals surface area (Å²) < 4.78 is 54.3. The molecule has 1 N–H and O–H groups in total. The molecule has 0 aromatic heterocycles. The van der Waals surface area contributed by atoms with Gasteiger partial charge in [0.15, 0.2) is 24.1 Å². The van der Waals surface area contributed by atoms with Crippen LogP contribution in [0.3, 0.4) is 0 Å². The minimum atomic E-state index is -1.72. The second kappa shape index (κ2) is 8.24. The largest absolute Gasteiger partial charge is 0.497 e. The molecule has 1 amide bonds. The van der Waals surface area contributed by atoms with Crippen molar-refractivity contribution < 1.29 is 37.0 Å². The summed E-state index contributed by atoms with van der Waals surface area (Å²) >= 11 is 0. The molecular formula is C17H14F3NO5. The molecule has 2 aromatic rings. The SMILES string of the molecule is COc1cc(OC)cc(C(=O)OCC(=O)Nc2ccc(F)c(F)c2F)c1. The lowest BCUT2D eigenvalue weighted by molar-refractivity contribution is -0.119. The summed E-state index contributed by atoms with van der Waals surface area (Å²) in [6, 6.07) is 5.79. The van der Waals surface area contributed by atoms with Gasteiger partial charge in [-0.2, -0.15) is 0 Å². The van der Waals surface area contributed by atoms with Crippen LogP contribution in [0.15, 0.2) is 30.3 Å². The van der Waals surface area contributed by atoms with E-state index in [1.807, 2.05) is 5.32 Å². The van der Waals surface area contributed by atoms with E-state index in [1.54, 1.807) is 0 Å². The van der Waals surface area contributed by atoms with Crippen LogP contribution < -0.4 is 14.8 Å². The number of benzene rings is 2. The summed E-state index contributed by atoms with van der Waals surface area (Å²) in [5.74, 6) is -5.78. The van der Waals surface area contributed by atoms with Crippen LogP contribution in [0.1, 0.15) is 10.4 Å². The maximum atomic E-state index is 13.5. The normalized spacial score (nSPS) is 10.2. The molecule has 138 valence electrons. The zero-order valence-corrected chi connectivity index (χ0v) is 13.8. The van der Waals surface area contributed by atoms with Crippen molar-refractivity contribution in [3.05, 3.63) is 53.3 Å². The molecule has 0 heterocycles. The molecule has 0 atom stereocenters. The van der Waals surface area contributed by atoms with Gasteiger partial charge in [0.1, 0.15) is 11.5 Å². The number of hydrogen-bond acceptors (Lipinski definition) is 5. The molecule has 0 radical (unpaired) electrons. The first-order valence-electron chi connectivity index (χ1n) is 7.19. The topological polar surface area (TPSA) is 73.9 Å². The van der Waals surface area contributed by atoms with Gasteiger partial charge >= 0.3 is 5.97 Å². The van der Waals surface area contributed by atoms with Crippen LogP contribution in [-0.2, 0) is 9.53 Å². The van der Waals surface area contributed by atoms with Gasteiger partial charge in [-0.25, -0.2) is 18.0 Å². The molecule has 0 unspecified atom stereocenters. The van der Waals surface area contributed by atoms with Crippen LogP contribution in [0.25, 0.3) is 0 Å². The summed E-state index contributed by atoms with van der Waals surface area (Å²) in [7, 11) is 2.79. The Morgan fingerprint density at radius 2 is 1.58 bits per heavy atom. The predicted molar refractivity (Wildman–Crippen MR) is 84.8 cm³/mol. The fourth-order valence-corrected chi connectivity index (χ4v) is 1.95. The quantitative estimate of drug-likeness (QED) is 0.626. The Morgan fingerprint density at radius 3 is 2.15 bits per heavy atom. The highest BCUT2D eigenvalue weighted by Gasteiger charge is 2.17. The van der Waals surface area contributed by atoms with Gasteiger partial charge in [0.25, 0.3) is 5.91 Å². The Kier molecular flexibility index (Phi) is 6.05. The highest BCUT2D eigenvalue weighted by molar-refractivity contribution is 5.95. The van der Waals surface area contributed by atoms with Crippen molar-refractivity contribution >= 4 is 17.6 Å². The lowest BCUT2D eigenvalue weighted by Gasteiger charge is -2.10. The van der Waals surface area contributed by atoms with Crippen LogP contribution in [-0.4, -0.2) is 32.7 Å². The zero-order valence-electron chi connectivity index (χ0n) is 13.8. The summed E-state index contributed by atoms with van der Waals surface area (Å²) in [6.45, 7) is -0.767. The van der Waals surface area contributed by atoms with Crippen molar-refractivity contribution in [2.45, 2.75) is 0 Å². The van der Waals surface area contributed by atoms with Gasteiger partial charge in [-0.05, 0) is 24.3 Å². The molecule has 0 aliphatic rings. The maximum absolute atomic E-state index is 13.5. The van der Waals surface area contributed by atoms with Gasteiger partial charge < -0.3 is 19.5 Å². The maximum Gasteiger partial charge on any atom is 0.338 e. The van der Waals surface area contributed by atoms with E-state index in [1.165, 1.54) is 32.4 Å². The number of halogens is 3. The fraction of sp³-hybridized carbons (Fsp3) is 0.176. The Bertz CT molecular complexity index is 819. The second-order valence-electron chi connectivity index (χ2n) is 4.95.